The highest BCUT2D eigenvalue weighted by atomic mass is 79.9. The highest BCUT2D eigenvalue weighted by molar-refractivity contribution is 9.10. The molecule has 4 rings (SSSR count). The van der Waals surface area contributed by atoms with E-state index in [4.69, 9.17) is 9.72 Å². The van der Waals surface area contributed by atoms with Gasteiger partial charge in [-0.15, -0.1) is 0 Å². The molecule has 0 aliphatic carbocycles. The summed E-state index contributed by atoms with van der Waals surface area (Å²) in [6.07, 6.45) is 1.76. The fourth-order valence-electron chi connectivity index (χ4n) is 3.80. The Labute approximate surface area is 184 Å². The van der Waals surface area contributed by atoms with Crippen LogP contribution in [0, 0.1) is 12.8 Å². The van der Waals surface area contributed by atoms with Crippen LogP contribution in [0.4, 0.5) is 11.5 Å². The van der Waals surface area contributed by atoms with Crippen molar-refractivity contribution in [2.24, 2.45) is 5.92 Å². The van der Waals surface area contributed by atoms with E-state index < -0.39 is 0 Å². The third-order valence-corrected chi connectivity index (χ3v) is 5.83. The maximum Gasteiger partial charge on any atom is 0.258 e. The van der Waals surface area contributed by atoms with Crippen LogP contribution in [0.25, 0.3) is 11.0 Å². The van der Waals surface area contributed by atoms with E-state index >= 15 is 0 Å². The molecule has 1 unspecified atom stereocenters. The zero-order valence-electron chi connectivity index (χ0n) is 17.2. The van der Waals surface area contributed by atoms with Crippen molar-refractivity contribution in [2.75, 3.05) is 29.9 Å². The van der Waals surface area contributed by atoms with E-state index in [1.54, 1.807) is 0 Å². The third kappa shape index (κ3) is 4.41. The van der Waals surface area contributed by atoms with Gasteiger partial charge < -0.3 is 15.0 Å². The minimum atomic E-state index is -0.121. The number of nitrogens with zero attached hydrogens (tertiary/aromatic N) is 3. The van der Waals surface area contributed by atoms with Gasteiger partial charge in [-0.2, -0.15) is 0 Å². The summed E-state index contributed by atoms with van der Waals surface area (Å²) in [6, 6.07) is 13.6. The molecule has 1 atom stereocenters. The highest BCUT2D eigenvalue weighted by Crippen LogP contribution is 2.31. The minimum Gasteiger partial charge on any atom is -0.475 e. The summed E-state index contributed by atoms with van der Waals surface area (Å²) in [7, 11) is 0. The van der Waals surface area contributed by atoms with Gasteiger partial charge in [-0.3, -0.25) is 4.79 Å². The quantitative estimate of drug-likeness (QED) is 0.573. The van der Waals surface area contributed by atoms with Crippen molar-refractivity contribution in [3.05, 3.63) is 52.5 Å². The zero-order chi connectivity index (χ0) is 21.1. The first-order valence-corrected chi connectivity index (χ1v) is 11.1. The number of hydrogen-bond acceptors (Lipinski definition) is 5. The molecule has 1 amide bonds. The summed E-state index contributed by atoms with van der Waals surface area (Å²) < 4.78 is 6.80. The number of para-hydroxylation sites is 2. The molecule has 2 heterocycles. The van der Waals surface area contributed by atoms with Crippen LogP contribution < -0.4 is 15.0 Å². The average molecular weight is 469 g/mol. The number of carbonyl (C=O) groups is 1. The van der Waals surface area contributed by atoms with Gasteiger partial charge in [0.25, 0.3) is 5.88 Å². The third-order valence-electron chi connectivity index (χ3n) is 5.34. The van der Waals surface area contributed by atoms with Crippen LogP contribution in [0.1, 0.15) is 25.3 Å². The van der Waals surface area contributed by atoms with E-state index in [0.717, 1.165) is 46.1 Å². The lowest BCUT2D eigenvalue weighted by molar-refractivity contribution is -0.120. The van der Waals surface area contributed by atoms with Crippen LogP contribution in [0.3, 0.4) is 0 Å². The number of aromatic nitrogens is 2. The number of hydrogen-bond donors (Lipinski definition) is 1. The van der Waals surface area contributed by atoms with Crippen molar-refractivity contribution in [1.82, 2.24) is 9.97 Å². The van der Waals surface area contributed by atoms with Gasteiger partial charge in [-0.05, 0) is 62.6 Å². The molecule has 1 fully saturated rings. The van der Waals surface area contributed by atoms with Gasteiger partial charge in [0.2, 0.25) is 5.91 Å². The predicted octanol–water partition coefficient (Wildman–Crippen LogP) is 4.95. The molecule has 1 aliphatic heterocycles. The number of amides is 1. The molecule has 1 saturated heterocycles. The smallest absolute Gasteiger partial charge is 0.258 e. The largest absolute Gasteiger partial charge is 0.475 e. The fraction of sp³-hybridized carbons (Fsp3) is 0.348. The Hall–Kier alpha value is -2.67. The number of halogens is 1. The maximum atomic E-state index is 13.0. The monoisotopic (exact) mass is 468 g/mol. The van der Waals surface area contributed by atoms with E-state index in [2.05, 4.69) is 31.1 Å². The zero-order valence-corrected chi connectivity index (χ0v) is 18.8. The number of ether oxygens (including phenoxy) is 1. The van der Waals surface area contributed by atoms with Crippen LogP contribution in [-0.4, -0.2) is 35.6 Å². The average Bonchev–Trinajstić information content (AvgIpc) is 2.75. The van der Waals surface area contributed by atoms with E-state index in [1.165, 1.54) is 0 Å². The Morgan fingerprint density at radius 2 is 2.00 bits per heavy atom. The molecule has 0 saturated carbocycles. The summed E-state index contributed by atoms with van der Waals surface area (Å²) in [5.74, 6) is 1.16. The van der Waals surface area contributed by atoms with Crippen LogP contribution >= 0.6 is 15.9 Å². The molecule has 0 bridgehead atoms. The van der Waals surface area contributed by atoms with Gasteiger partial charge in [-0.1, -0.05) is 28.1 Å². The second kappa shape index (κ2) is 9.00. The van der Waals surface area contributed by atoms with E-state index in [-0.39, 0.29) is 11.8 Å². The first kappa shape index (κ1) is 20.6. The van der Waals surface area contributed by atoms with Gasteiger partial charge in [0, 0.05) is 23.2 Å². The van der Waals surface area contributed by atoms with Crippen molar-refractivity contribution in [3.8, 4) is 5.88 Å². The van der Waals surface area contributed by atoms with Crippen molar-refractivity contribution in [2.45, 2.75) is 26.7 Å². The Balaban J connectivity index is 1.56. The normalized spacial score (nSPS) is 16.5. The lowest BCUT2D eigenvalue weighted by Gasteiger charge is -2.33. The number of carbonyl (C=O) groups excluding carboxylic acids is 1. The summed E-state index contributed by atoms with van der Waals surface area (Å²) >= 11 is 3.47. The maximum absolute atomic E-state index is 13.0. The number of piperidine rings is 1. The molecule has 0 spiro atoms. The molecule has 0 radical (unpaired) electrons. The molecule has 1 N–H and O–H groups in total. The van der Waals surface area contributed by atoms with Crippen LogP contribution in [-0.2, 0) is 4.79 Å². The highest BCUT2D eigenvalue weighted by Gasteiger charge is 2.29. The first-order chi connectivity index (χ1) is 14.5. The van der Waals surface area contributed by atoms with Crippen molar-refractivity contribution >= 4 is 44.4 Å². The van der Waals surface area contributed by atoms with Crippen molar-refractivity contribution in [1.29, 1.82) is 0 Å². The van der Waals surface area contributed by atoms with Gasteiger partial charge in [0.1, 0.15) is 0 Å². The number of fused-ring (bicyclic) bond motifs is 1. The topological polar surface area (TPSA) is 67.4 Å². The van der Waals surface area contributed by atoms with E-state index in [0.29, 0.717) is 24.8 Å². The van der Waals surface area contributed by atoms with Gasteiger partial charge in [0.05, 0.1) is 23.6 Å². The molecular weight excluding hydrogens is 444 g/mol. The standard InChI is InChI=1S/C23H25BrN4O2/c1-3-30-23-21(25-19-8-4-5-9-20(19)27-23)28-12-6-7-16(14-28)22(29)26-18-11-10-17(24)13-15(18)2/h4-5,8-11,13,16H,3,6-7,12,14H2,1-2H3,(H,26,29). The molecule has 7 heteroatoms. The second-order valence-electron chi connectivity index (χ2n) is 7.51. The van der Waals surface area contributed by atoms with Crippen LogP contribution in [0.5, 0.6) is 5.88 Å². The van der Waals surface area contributed by atoms with Crippen LogP contribution in [0.2, 0.25) is 0 Å². The Morgan fingerprint density at radius 1 is 1.23 bits per heavy atom. The molecular formula is C23H25BrN4O2. The Bertz CT molecular complexity index is 1070. The van der Waals surface area contributed by atoms with Crippen molar-refractivity contribution in [3.63, 3.8) is 0 Å². The molecule has 2 aromatic carbocycles. The predicted molar refractivity (Wildman–Crippen MR) is 123 cm³/mol. The van der Waals surface area contributed by atoms with Gasteiger partial charge >= 0.3 is 0 Å². The summed E-state index contributed by atoms with van der Waals surface area (Å²) in [5, 5.41) is 3.09. The molecule has 6 nitrogen and oxygen atoms in total. The lowest BCUT2D eigenvalue weighted by atomic mass is 9.97. The first-order valence-electron chi connectivity index (χ1n) is 10.3. The summed E-state index contributed by atoms with van der Waals surface area (Å²) in [5.41, 5.74) is 3.51. The SMILES string of the molecule is CCOc1nc2ccccc2nc1N1CCCC(C(=O)Nc2ccc(Br)cc2C)C1. The van der Waals surface area contributed by atoms with Gasteiger partial charge in [0.15, 0.2) is 5.82 Å². The number of aryl methyl sites for hydroxylation is 1. The number of nitrogens with one attached hydrogen (secondary N) is 1. The Morgan fingerprint density at radius 3 is 2.73 bits per heavy atom. The number of anilines is 2. The van der Waals surface area contributed by atoms with Gasteiger partial charge in [-0.25, -0.2) is 9.97 Å². The molecule has 30 heavy (non-hydrogen) atoms. The van der Waals surface area contributed by atoms with Crippen LogP contribution in [0.15, 0.2) is 46.9 Å². The minimum absolute atomic E-state index is 0.0387. The lowest BCUT2D eigenvalue weighted by Crippen LogP contribution is -2.41. The molecule has 3 aromatic rings. The Kier molecular flexibility index (Phi) is 6.18. The fourth-order valence-corrected chi connectivity index (χ4v) is 4.28. The molecule has 1 aromatic heterocycles. The molecule has 1 aliphatic rings. The number of benzene rings is 2. The summed E-state index contributed by atoms with van der Waals surface area (Å²) in [4.78, 5) is 24.6. The van der Waals surface area contributed by atoms with E-state index in [9.17, 15) is 4.79 Å². The second-order valence-corrected chi connectivity index (χ2v) is 8.42. The van der Waals surface area contributed by atoms with E-state index in [1.807, 2.05) is 56.3 Å². The number of rotatable bonds is 5. The molecule has 156 valence electrons. The summed E-state index contributed by atoms with van der Waals surface area (Å²) in [6.45, 7) is 5.86. The van der Waals surface area contributed by atoms with Crippen molar-refractivity contribution < 1.29 is 9.53 Å².